The van der Waals surface area contributed by atoms with E-state index < -0.39 is 0 Å². The lowest BCUT2D eigenvalue weighted by Crippen LogP contribution is -2.57. The summed E-state index contributed by atoms with van der Waals surface area (Å²) in [6.07, 6.45) is 3.30. The number of likely N-dealkylation sites (tertiary alicyclic amines) is 1. The summed E-state index contributed by atoms with van der Waals surface area (Å²) in [5.74, 6) is 0.0261. The zero-order chi connectivity index (χ0) is 22.1. The molecule has 2 aliphatic rings. The van der Waals surface area contributed by atoms with Gasteiger partial charge in [-0.15, -0.1) is 22.7 Å². The molecule has 1 spiro atoms. The van der Waals surface area contributed by atoms with Crippen LogP contribution in [0.2, 0.25) is 0 Å². The van der Waals surface area contributed by atoms with Gasteiger partial charge in [-0.3, -0.25) is 9.69 Å². The number of nitrogens with zero attached hydrogens (tertiary/aromatic N) is 3. The van der Waals surface area contributed by atoms with E-state index in [1.807, 2.05) is 10.3 Å². The molecule has 2 aromatic heterocycles. The van der Waals surface area contributed by atoms with Crippen molar-refractivity contribution in [3.05, 3.63) is 38.0 Å². The first-order valence-corrected chi connectivity index (χ1v) is 12.7. The van der Waals surface area contributed by atoms with Gasteiger partial charge in [0.25, 0.3) is 5.91 Å². The van der Waals surface area contributed by atoms with Crippen LogP contribution in [-0.4, -0.2) is 65.4 Å². The molecule has 4 heterocycles. The minimum absolute atomic E-state index is 0.0261. The van der Waals surface area contributed by atoms with Crippen LogP contribution in [-0.2, 0) is 27.9 Å². The van der Waals surface area contributed by atoms with E-state index in [1.54, 1.807) is 22.7 Å². The number of piperidine rings is 1. The topological polar surface area (TPSA) is 62.7 Å². The van der Waals surface area contributed by atoms with Crippen LogP contribution >= 0.6 is 22.7 Å². The lowest BCUT2D eigenvalue weighted by atomic mass is 9.89. The number of thiophene rings is 1. The molecule has 8 heteroatoms. The predicted octanol–water partition coefficient (Wildman–Crippen LogP) is 3.75. The van der Waals surface area contributed by atoms with Gasteiger partial charge in [0.05, 0.1) is 23.8 Å². The highest BCUT2D eigenvalue weighted by Gasteiger charge is 2.41. The van der Waals surface area contributed by atoms with Crippen LogP contribution in [0.4, 0.5) is 0 Å². The van der Waals surface area contributed by atoms with E-state index in [-0.39, 0.29) is 16.9 Å². The number of hydrogen-bond donors (Lipinski definition) is 0. The number of thiazole rings is 1. The van der Waals surface area contributed by atoms with Crippen molar-refractivity contribution in [2.75, 3.05) is 32.8 Å². The molecule has 0 atom stereocenters. The van der Waals surface area contributed by atoms with Crippen LogP contribution in [0, 0.1) is 0 Å². The first kappa shape index (κ1) is 22.6. The van der Waals surface area contributed by atoms with Gasteiger partial charge in [0.2, 0.25) is 0 Å². The fourth-order valence-corrected chi connectivity index (χ4v) is 6.08. The monoisotopic (exact) mass is 461 g/mol. The molecule has 0 unspecified atom stereocenters. The molecule has 0 saturated carbocycles. The summed E-state index contributed by atoms with van der Waals surface area (Å²) in [6.45, 7) is 11.0. The molecule has 2 aliphatic heterocycles. The van der Waals surface area contributed by atoms with Gasteiger partial charge >= 0.3 is 0 Å². The Morgan fingerprint density at radius 3 is 2.68 bits per heavy atom. The summed E-state index contributed by atoms with van der Waals surface area (Å²) in [5.41, 5.74) is 1.38. The Morgan fingerprint density at radius 1 is 1.23 bits per heavy atom. The van der Waals surface area contributed by atoms with Crippen LogP contribution in [0.3, 0.4) is 0 Å². The smallest absolute Gasteiger partial charge is 0.273 e. The van der Waals surface area contributed by atoms with Crippen LogP contribution < -0.4 is 0 Å². The number of rotatable bonds is 5. The van der Waals surface area contributed by atoms with Crippen LogP contribution in [0.15, 0.2) is 16.8 Å². The number of aldehydes is 1. The van der Waals surface area contributed by atoms with Crippen molar-refractivity contribution in [3.8, 4) is 0 Å². The Labute approximate surface area is 192 Å². The van der Waals surface area contributed by atoms with Crippen molar-refractivity contribution in [1.82, 2.24) is 14.8 Å². The van der Waals surface area contributed by atoms with Gasteiger partial charge in [-0.25, -0.2) is 4.98 Å². The van der Waals surface area contributed by atoms with Crippen molar-refractivity contribution < 1.29 is 14.3 Å². The second-order valence-corrected chi connectivity index (χ2v) is 11.5. The summed E-state index contributed by atoms with van der Waals surface area (Å²) >= 11 is 3.29. The predicted molar refractivity (Wildman–Crippen MR) is 124 cm³/mol. The molecule has 31 heavy (non-hydrogen) atoms. The molecular weight excluding hydrogens is 430 g/mol. The third-order valence-electron chi connectivity index (χ3n) is 6.07. The number of morpholine rings is 1. The van der Waals surface area contributed by atoms with Gasteiger partial charge in [0, 0.05) is 48.3 Å². The van der Waals surface area contributed by atoms with E-state index in [1.165, 1.54) is 4.88 Å². The molecule has 6 nitrogen and oxygen atoms in total. The van der Waals surface area contributed by atoms with Gasteiger partial charge in [0.15, 0.2) is 0 Å². The molecule has 0 bridgehead atoms. The summed E-state index contributed by atoms with van der Waals surface area (Å²) in [6, 6.07) is 2.14. The average Bonchev–Trinajstić information content (AvgIpc) is 3.40. The maximum Gasteiger partial charge on any atom is 0.273 e. The zero-order valence-electron chi connectivity index (χ0n) is 18.6. The minimum atomic E-state index is -0.245. The van der Waals surface area contributed by atoms with E-state index in [4.69, 9.17) is 4.74 Å². The second kappa shape index (κ2) is 9.10. The fraction of sp³-hybridized carbons (Fsp3) is 0.609. The Hall–Kier alpha value is -1.61. The van der Waals surface area contributed by atoms with E-state index >= 15 is 0 Å². The molecule has 2 saturated heterocycles. The summed E-state index contributed by atoms with van der Waals surface area (Å²) in [7, 11) is 0. The first-order chi connectivity index (χ1) is 14.8. The van der Waals surface area contributed by atoms with Crippen molar-refractivity contribution >= 4 is 34.9 Å². The van der Waals surface area contributed by atoms with Gasteiger partial charge in [0.1, 0.15) is 12.0 Å². The van der Waals surface area contributed by atoms with Gasteiger partial charge in [-0.05, 0) is 29.9 Å². The van der Waals surface area contributed by atoms with E-state index in [0.29, 0.717) is 31.8 Å². The van der Waals surface area contributed by atoms with Crippen molar-refractivity contribution in [2.45, 2.75) is 57.6 Å². The lowest BCUT2D eigenvalue weighted by Gasteiger charge is -2.47. The molecule has 2 fully saturated rings. The molecule has 0 aromatic carbocycles. The highest BCUT2D eigenvalue weighted by Crippen LogP contribution is 2.32. The normalized spacial score (nSPS) is 19.6. The van der Waals surface area contributed by atoms with E-state index in [2.05, 4.69) is 42.1 Å². The van der Waals surface area contributed by atoms with Gasteiger partial charge < -0.3 is 14.4 Å². The molecule has 0 radical (unpaired) electrons. The Kier molecular flexibility index (Phi) is 6.62. The number of ether oxygens (including phenoxy) is 1. The maximum absolute atomic E-state index is 13.1. The zero-order valence-corrected chi connectivity index (χ0v) is 20.2. The van der Waals surface area contributed by atoms with Gasteiger partial charge in [-0.1, -0.05) is 20.8 Å². The SMILES string of the molecule is CC(C)(C)c1nc(C(=O)N2CCOC3(CCN(Cc4cc(CC=O)cs4)CC3)C2)cs1. The van der Waals surface area contributed by atoms with Crippen LogP contribution in [0.5, 0.6) is 0 Å². The standard InChI is InChI=1S/C23H31N3O3S2/c1-22(2,3)21-24-19(15-31-21)20(28)26-9-11-29-23(16-26)5-7-25(8-6-23)13-18-12-17(4-10-27)14-30-18/h10,12,14-15H,4-9,11,13,16H2,1-3H3. The summed E-state index contributed by atoms with van der Waals surface area (Å²) in [5, 5.41) is 4.97. The molecule has 2 aromatic rings. The Bertz CT molecular complexity index is 923. The number of carbonyl (C=O) groups is 2. The maximum atomic E-state index is 13.1. The highest BCUT2D eigenvalue weighted by molar-refractivity contribution is 7.10. The van der Waals surface area contributed by atoms with Gasteiger partial charge in [-0.2, -0.15) is 0 Å². The molecule has 0 aliphatic carbocycles. The number of hydrogen-bond acceptors (Lipinski definition) is 7. The third-order valence-corrected chi connectivity index (χ3v) is 8.31. The minimum Gasteiger partial charge on any atom is -0.371 e. The van der Waals surface area contributed by atoms with Crippen molar-refractivity contribution in [2.24, 2.45) is 0 Å². The van der Waals surface area contributed by atoms with Crippen LogP contribution in [0.1, 0.15) is 59.5 Å². The van der Waals surface area contributed by atoms with Crippen molar-refractivity contribution in [1.29, 1.82) is 0 Å². The molecular formula is C23H31N3O3S2. The number of aromatic nitrogens is 1. The summed E-state index contributed by atoms with van der Waals surface area (Å²) < 4.78 is 6.24. The molecule has 168 valence electrons. The Balaban J connectivity index is 1.34. The summed E-state index contributed by atoms with van der Waals surface area (Å²) in [4.78, 5) is 34.1. The first-order valence-electron chi connectivity index (χ1n) is 10.9. The second-order valence-electron chi connectivity index (χ2n) is 9.61. The van der Waals surface area contributed by atoms with Crippen molar-refractivity contribution in [3.63, 3.8) is 0 Å². The molecule has 0 N–H and O–H groups in total. The fourth-order valence-electron chi connectivity index (χ4n) is 4.25. The van der Waals surface area contributed by atoms with Crippen LogP contribution in [0.25, 0.3) is 0 Å². The number of carbonyl (C=O) groups excluding carboxylic acids is 2. The number of amides is 1. The van der Waals surface area contributed by atoms with E-state index in [0.717, 1.165) is 49.3 Å². The average molecular weight is 462 g/mol. The molecule has 4 rings (SSSR count). The molecule has 1 amide bonds. The Morgan fingerprint density at radius 2 is 2.00 bits per heavy atom. The largest absolute Gasteiger partial charge is 0.371 e. The third kappa shape index (κ3) is 5.25. The highest BCUT2D eigenvalue weighted by atomic mass is 32.1. The van der Waals surface area contributed by atoms with E-state index in [9.17, 15) is 9.59 Å². The quantitative estimate of drug-likeness (QED) is 0.635. The lowest BCUT2D eigenvalue weighted by molar-refractivity contribution is -0.127.